The van der Waals surface area contributed by atoms with Gasteiger partial charge in [0, 0.05) is 13.1 Å². The maximum atomic E-state index is 5.35. The van der Waals surface area contributed by atoms with Crippen LogP contribution in [0.4, 0.5) is 0 Å². The molecule has 7 heteroatoms. The number of aromatic nitrogens is 4. The van der Waals surface area contributed by atoms with Crippen molar-refractivity contribution in [3.63, 3.8) is 0 Å². The average Bonchev–Trinajstić information content (AvgIpc) is 2.97. The fraction of sp³-hybridized carbons (Fsp3) is 0.429. The lowest BCUT2D eigenvalue weighted by Crippen LogP contribution is -2.47. The molecule has 6 nitrogen and oxygen atoms in total. The predicted octanol–water partition coefficient (Wildman–Crippen LogP) is 1.61. The molecule has 0 aliphatic carbocycles. The lowest BCUT2D eigenvalue weighted by molar-refractivity contribution is 0.296. The molecule has 3 rings (SSSR count). The summed E-state index contributed by atoms with van der Waals surface area (Å²) in [5.74, 6) is 0.683. The molecule has 1 atom stereocenters. The van der Waals surface area contributed by atoms with E-state index in [0.717, 1.165) is 30.3 Å². The molecule has 21 heavy (non-hydrogen) atoms. The third kappa shape index (κ3) is 2.87. The van der Waals surface area contributed by atoms with E-state index in [4.69, 9.17) is 12.2 Å². The summed E-state index contributed by atoms with van der Waals surface area (Å²) in [5, 5.41) is 16.8. The first-order valence-electron chi connectivity index (χ1n) is 7.06. The second-order valence-corrected chi connectivity index (χ2v) is 5.62. The summed E-state index contributed by atoms with van der Waals surface area (Å²) >= 11 is 5.35. The molecule has 0 amide bonds. The molecule has 1 N–H and O–H groups in total. The van der Waals surface area contributed by atoms with E-state index in [-0.39, 0.29) is 6.04 Å². The molecule has 1 aromatic carbocycles. The van der Waals surface area contributed by atoms with Crippen LogP contribution in [-0.4, -0.2) is 43.3 Å². The first kappa shape index (κ1) is 13.9. The summed E-state index contributed by atoms with van der Waals surface area (Å²) < 4.78 is 0. The molecule has 2 heterocycles. The summed E-state index contributed by atoms with van der Waals surface area (Å²) in [6.45, 7) is 5.95. The summed E-state index contributed by atoms with van der Waals surface area (Å²) in [5.41, 5.74) is 2.08. The lowest BCUT2D eigenvalue weighted by Gasteiger charge is -2.33. The van der Waals surface area contributed by atoms with E-state index >= 15 is 0 Å². The normalized spacial score (nSPS) is 16.7. The standard InChI is InChI=1S/C14H18N6S/c1-10-5-3-6-12(9-10)20-17-13(16-18-20)11(2)19-8-4-7-15-14(19)21/h3,5-6,9,11H,4,7-8H2,1-2H3,(H,15,21). The molecule has 0 spiro atoms. The Labute approximate surface area is 129 Å². The molecule has 1 saturated heterocycles. The number of benzene rings is 1. The van der Waals surface area contributed by atoms with E-state index in [9.17, 15) is 0 Å². The fourth-order valence-corrected chi connectivity index (χ4v) is 2.76. The van der Waals surface area contributed by atoms with Crippen LogP contribution in [0.3, 0.4) is 0 Å². The zero-order valence-corrected chi connectivity index (χ0v) is 13.0. The van der Waals surface area contributed by atoms with Crippen LogP contribution >= 0.6 is 12.2 Å². The smallest absolute Gasteiger partial charge is 0.197 e. The number of hydrogen-bond acceptors (Lipinski definition) is 4. The van der Waals surface area contributed by atoms with Gasteiger partial charge >= 0.3 is 0 Å². The van der Waals surface area contributed by atoms with Crippen LogP contribution in [0.1, 0.15) is 30.8 Å². The molecule has 2 aromatic rings. The van der Waals surface area contributed by atoms with Crippen molar-refractivity contribution in [3.05, 3.63) is 35.7 Å². The van der Waals surface area contributed by atoms with Crippen molar-refractivity contribution in [1.29, 1.82) is 0 Å². The van der Waals surface area contributed by atoms with Crippen molar-refractivity contribution in [2.75, 3.05) is 13.1 Å². The summed E-state index contributed by atoms with van der Waals surface area (Å²) in [6.07, 6.45) is 1.07. The zero-order valence-electron chi connectivity index (χ0n) is 12.2. The quantitative estimate of drug-likeness (QED) is 0.869. The second-order valence-electron chi connectivity index (χ2n) is 5.23. The first-order chi connectivity index (χ1) is 10.1. The highest BCUT2D eigenvalue weighted by Gasteiger charge is 2.24. The number of nitrogens with one attached hydrogen (secondary N) is 1. The van der Waals surface area contributed by atoms with Crippen molar-refractivity contribution < 1.29 is 0 Å². The molecule has 0 radical (unpaired) electrons. The molecule has 0 bridgehead atoms. The van der Waals surface area contributed by atoms with Crippen molar-refractivity contribution in [3.8, 4) is 5.69 Å². The summed E-state index contributed by atoms with van der Waals surface area (Å²) in [6, 6.07) is 8.05. The summed E-state index contributed by atoms with van der Waals surface area (Å²) in [7, 11) is 0. The van der Waals surface area contributed by atoms with Crippen molar-refractivity contribution in [2.24, 2.45) is 0 Å². The van der Waals surface area contributed by atoms with Gasteiger partial charge in [0.15, 0.2) is 10.9 Å². The van der Waals surface area contributed by atoms with Gasteiger partial charge in [-0.25, -0.2) is 0 Å². The van der Waals surface area contributed by atoms with Crippen LogP contribution in [0.15, 0.2) is 24.3 Å². The Balaban J connectivity index is 1.82. The van der Waals surface area contributed by atoms with Gasteiger partial charge in [-0.2, -0.15) is 0 Å². The Hall–Kier alpha value is -2.02. The van der Waals surface area contributed by atoms with Crippen LogP contribution in [-0.2, 0) is 0 Å². The van der Waals surface area contributed by atoms with E-state index in [2.05, 4.69) is 32.6 Å². The molecule has 1 fully saturated rings. The number of rotatable bonds is 3. The monoisotopic (exact) mass is 302 g/mol. The van der Waals surface area contributed by atoms with Crippen molar-refractivity contribution in [2.45, 2.75) is 26.3 Å². The SMILES string of the molecule is Cc1cccc(-n2nnc(C(C)N3CCCNC3=S)n2)c1. The second kappa shape index (κ2) is 5.77. The van der Waals surface area contributed by atoms with Gasteiger partial charge in [-0.1, -0.05) is 12.1 Å². The molecular formula is C14H18N6S. The number of tetrazole rings is 1. The minimum absolute atomic E-state index is 0.0175. The Morgan fingerprint density at radius 3 is 3.00 bits per heavy atom. The zero-order chi connectivity index (χ0) is 14.8. The largest absolute Gasteiger partial charge is 0.362 e. The first-order valence-corrected chi connectivity index (χ1v) is 7.47. The van der Waals surface area contributed by atoms with Gasteiger partial charge in [0.2, 0.25) is 0 Å². The highest BCUT2D eigenvalue weighted by Crippen LogP contribution is 2.19. The molecule has 1 aliphatic heterocycles. The average molecular weight is 302 g/mol. The van der Waals surface area contributed by atoms with E-state index in [1.165, 1.54) is 5.56 Å². The van der Waals surface area contributed by atoms with Crippen molar-refractivity contribution >= 4 is 17.3 Å². The molecular weight excluding hydrogens is 284 g/mol. The van der Waals surface area contributed by atoms with Crippen LogP contribution in [0.2, 0.25) is 0 Å². The van der Waals surface area contributed by atoms with E-state index in [0.29, 0.717) is 5.82 Å². The Morgan fingerprint density at radius 1 is 1.38 bits per heavy atom. The van der Waals surface area contributed by atoms with Gasteiger partial charge in [0.05, 0.1) is 11.7 Å². The Bertz CT molecular complexity index is 652. The Morgan fingerprint density at radius 2 is 2.24 bits per heavy atom. The number of thiocarbonyl (C=S) groups is 1. The van der Waals surface area contributed by atoms with Gasteiger partial charge in [-0.15, -0.1) is 15.0 Å². The summed E-state index contributed by atoms with van der Waals surface area (Å²) in [4.78, 5) is 3.68. The van der Waals surface area contributed by atoms with E-state index in [1.54, 1.807) is 4.80 Å². The van der Waals surface area contributed by atoms with Crippen LogP contribution in [0, 0.1) is 6.92 Å². The highest BCUT2D eigenvalue weighted by molar-refractivity contribution is 7.80. The minimum Gasteiger partial charge on any atom is -0.362 e. The predicted molar refractivity (Wildman–Crippen MR) is 84.2 cm³/mol. The molecule has 110 valence electrons. The Kier molecular flexibility index (Phi) is 3.83. The van der Waals surface area contributed by atoms with Gasteiger partial charge in [0.25, 0.3) is 0 Å². The van der Waals surface area contributed by atoms with Crippen molar-refractivity contribution in [1.82, 2.24) is 30.4 Å². The third-order valence-electron chi connectivity index (χ3n) is 3.62. The maximum absolute atomic E-state index is 5.35. The number of aryl methyl sites for hydroxylation is 1. The van der Waals surface area contributed by atoms with Gasteiger partial charge in [-0.3, -0.25) is 0 Å². The van der Waals surface area contributed by atoms with Gasteiger partial charge in [-0.05, 0) is 55.4 Å². The van der Waals surface area contributed by atoms with Crippen LogP contribution in [0.25, 0.3) is 5.69 Å². The molecule has 1 unspecified atom stereocenters. The molecule has 1 aliphatic rings. The molecule has 1 aromatic heterocycles. The number of hydrogen-bond donors (Lipinski definition) is 1. The van der Waals surface area contributed by atoms with Crippen LogP contribution < -0.4 is 5.32 Å². The minimum atomic E-state index is 0.0175. The van der Waals surface area contributed by atoms with Gasteiger partial charge < -0.3 is 10.2 Å². The van der Waals surface area contributed by atoms with Gasteiger partial charge in [0.1, 0.15) is 0 Å². The third-order valence-corrected chi connectivity index (χ3v) is 3.99. The lowest BCUT2D eigenvalue weighted by atomic mass is 10.2. The maximum Gasteiger partial charge on any atom is 0.197 e. The van der Waals surface area contributed by atoms with E-state index < -0.39 is 0 Å². The topological polar surface area (TPSA) is 58.9 Å². The molecule has 0 saturated carbocycles. The highest BCUT2D eigenvalue weighted by atomic mass is 32.1. The van der Waals surface area contributed by atoms with E-state index in [1.807, 2.05) is 31.2 Å². The van der Waals surface area contributed by atoms with Crippen LogP contribution in [0.5, 0.6) is 0 Å². The number of nitrogens with zero attached hydrogens (tertiary/aromatic N) is 5. The fourth-order valence-electron chi connectivity index (χ4n) is 2.41.